The number of carbonyl (C=O) groups is 1. The maximum atomic E-state index is 13.7. The molecule has 0 saturated carbocycles. The summed E-state index contributed by atoms with van der Waals surface area (Å²) in [6, 6.07) is 7.49. The zero-order chi connectivity index (χ0) is 24.7. The number of likely N-dealkylation sites (N-methyl/N-ethyl adjacent to an activating group) is 1. The SMILES string of the molecule is CN(C)C1(C(=O)Nc2cccc(-c3ncno3)c2)CCN(c2ncnc3[nH]c4c(c23)CCCC4)CC1. The molecule has 1 fully saturated rings. The number of carbonyl (C=O) groups excluding carboxylic acids is 1. The number of aryl methyl sites for hydroxylation is 2. The van der Waals surface area contributed by atoms with Crippen LogP contribution in [0.4, 0.5) is 11.5 Å². The normalized spacial score (nSPS) is 17.4. The second-order valence-corrected chi connectivity index (χ2v) is 9.90. The number of anilines is 2. The Morgan fingerprint density at radius 3 is 2.72 bits per heavy atom. The van der Waals surface area contributed by atoms with Crippen molar-refractivity contribution >= 4 is 28.4 Å². The molecule has 4 aromatic rings. The van der Waals surface area contributed by atoms with Crippen molar-refractivity contribution in [3.05, 3.63) is 48.2 Å². The van der Waals surface area contributed by atoms with E-state index >= 15 is 0 Å². The van der Waals surface area contributed by atoms with Crippen LogP contribution in [0.5, 0.6) is 0 Å². The minimum Gasteiger partial charge on any atom is -0.356 e. The second kappa shape index (κ2) is 9.02. The van der Waals surface area contributed by atoms with Gasteiger partial charge in [0.15, 0.2) is 6.33 Å². The smallest absolute Gasteiger partial charge is 0.257 e. The Labute approximate surface area is 209 Å². The minimum atomic E-state index is -0.624. The summed E-state index contributed by atoms with van der Waals surface area (Å²) in [7, 11) is 3.96. The van der Waals surface area contributed by atoms with Crippen LogP contribution < -0.4 is 10.2 Å². The number of hydrogen-bond donors (Lipinski definition) is 2. The number of benzene rings is 1. The van der Waals surface area contributed by atoms with Crippen LogP contribution in [0.2, 0.25) is 0 Å². The number of piperidine rings is 1. The molecule has 1 saturated heterocycles. The van der Waals surface area contributed by atoms with Gasteiger partial charge in [0, 0.05) is 30.0 Å². The topological polar surface area (TPSA) is 116 Å². The third kappa shape index (κ3) is 3.81. The lowest BCUT2D eigenvalue weighted by Crippen LogP contribution is -2.59. The van der Waals surface area contributed by atoms with E-state index in [4.69, 9.17) is 9.51 Å². The van der Waals surface area contributed by atoms with Crippen LogP contribution in [0.1, 0.15) is 36.9 Å². The van der Waals surface area contributed by atoms with Gasteiger partial charge >= 0.3 is 0 Å². The van der Waals surface area contributed by atoms with Gasteiger partial charge in [-0.1, -0.05) is 11.2 Å². The number of aromatic nitrogens is 5. The summed E-state index contributed by atoms with van der Waals surface area (Å²) in [6.45, 7) is 1.47. The number of nitrogens with one attached hydrogen (secondary N) is 2. The van der Waals surface area contributed by atoms with Gasteiger partial charge in [-0.25, -0.2) is 9.97 Å². The molecule has 1 aliphatic carbocycles. The van der Waals surface area contributed by atoms with Crippen molar-refractivity contribution in [1.29, 1.82) is 0 Å². The maximum absolute atomic E-state index is 13.7. The fourth-order valence-electron chi connectivity index (χ4n) is 5.69. The highest BCUT2D eigenvalue weighted by Crippen LogP contribution is 2.37. The summed E-state index contributed by atoms with van der Waals surface area (Å²) < 4.78 is 5.17. The molecule has 10 heteroatoms. The van der Waals surface area contributed by atoms with Gasteiger partial charge in [0.1, 0.15) is 23.3 Å². The Balaban J connectivity index is 1.23. The number of fused-ring (bicyclic) bond motifs is 3. The van der Waals surface area contributed by atoms with Gasteiger partial charge in [0.2, 0.25) is 5.91 Å². The van der Waals surface area contributed by atoms with Gasteiger partial charge in [0.25, 0.3) is 5.89 Å². The lowest BCUT2D eigenvalue weighted by molar-refractivity contribution is -0.127. The average molecular weight is 487 g/mol. The number of amides is 1. The molecule has 10 nitrogen and oxygen atoms in total. The van der Waals surface area contributed by atoms with Gasteiger partial charge in [-0.3, -0.25) is 9.69 Å². The summed E-state index contributed by atoms with van der Waals surface area (Å²) >= 11 is 0. The monoisotopic (exact) mass is 486 g/mol. The summed E-state index contributed by atoms with van der Waals surface area (Å²) in [5.41, 5.74) is 4.45. The molecule has 0 unspecified atom stereocenters. The van der Waals surface area contributed by atoms with Crippen molar-refractivity contribution in [3.8, 4) is 11.5 Å². The lowest BCUT2D eigenvalue weighted by atomic mass is 9.85. The number of rotatable bonds is 5. The molecule has 6 rings (SSSR count). The highest BCUT2D eigenvalue weighted by atomic mass is 16.5. The zero-order valence-electron chi connectivity index (χ0n) is 20.6. The van der Waals surface area contributed by atoms with Gasteiger partial charge in [-0.2, -0.15) is 4.98 Å². The first-order valence-corrected chi connectivity index (χ1v) is 12.5. The van der Waals surface area contributed by atoms with Crippen molar-refractivity contribution in [2.24, 2.45) is 0 Å². The van der Waals surface area contributed by atoms with Crippen molar-refractivity contribution in [3.63, 3.8) is 0 Å². The Bertz CT molecular complexity index is 1390. The maximum Gasteiger partial charge on any atom is 0.257 e. The zero-order valence-corrected chi connectivity index (χ0v) is 20.6. The van der Waals surface area contributed by atoms with E-state index in [9.17, 15) is 4.79 Å². The molecular formula is C26H30N8O2. The molecule has 186 valence electrons. The van der Waals surface area contributed by atoms with Gasteiger partial charge < -0.3 is 19.7 Å². The first-order valence-electron chi connectivity index (χ1n) is 12.5. The van der Waals surface area contributed by atoms with Crippen LogP contribution in [0.15, 0.2) is 41.4 Å². The largest absolute Gasteiger partial charge is 0.356 e. The van der Waals surface area contributed by atoms with E-state index in [-0.39, 0.29) is 5.91 Å². The van der Waals surface area contributed by atoms with E-state index in [0.29, 0.717) is 24.4 Å². The van der Waals surface area contributed by atoms with Crippen molar-refractivity contribution < 1.29 is 9.32 Å². The van der Waals surface area contributed by atoms with E-state index < -0.39 is 5.54 Å². The van der Waals surface area contributed by atoms with Crippen LogP contribution in [0, 0.1) is 0 Å². The molecule has 0 bridgehead atoms. The molecule has 36 heavy (non-hydrogen) atoms. The van der Waals surface area contributed by atoms with Gasteiger partial charge in [-0.15, -0.1) is 0 Å². The molecule has 1 aromatic carbocycles. The van der Waals surface area contributed by atoms with Crippen LogP contribution in [0.25, 0.3) is 22.5 Å². The molecule has 1 amide bonds. The molecule has 3 aromatic heterocycles. The molecular weight excluding hydrogens is 456 g/mol. The van der Waals surface area contributed by atoms with Crippen LogP contribution >= 0.6 is 0 Å². The lowest BCUT2D eigenvalue weighted by Gasteiger charge is -2.45. The van der Waals surface area contributed by atoms with Gasteiger partial charge in [-0.05, 0) is 76.4 Å². The highest BCUT2D eigenvalue weighted by molar-refractivity contribution is 5.99. The number of nitrogens with zero attached hydrogens (tertiary/aromatic N) is 6. The van der Waals surface area contributed by atoms with E-state index in [0.717, 1.165) is 48.3 Å². The van der Waals surface area contributed by atoms with E-state index in [1.54, 1.807) is 6.33 Å². The van der Waals surface area contributed by atoms with E-state index in [2.05, 4.69) is 35.2 Å². The standard InChI is InChI=1S/C26H30N8O2/c1-33(2)26(25(35)31-18-7-5-6-17(14-18)24-29-16-30-36-24)10-12-34(13-11-26)23-21-19-8-3-4-9-20(19)32-22(21)27-15-28-23/h5-7,14-16H,3-4,8-13H2,1-2H3,(H,31,35)(H,27,28,32). The Morgan fingerprint density at radius 2 is 1.94 bits per heavy atom. The molecule has 0 spiro atoms. The van der Waals surface area contributed by atoms with Crippen molar-refractivity contribution in [1.82, 2.24) is 30.0 Å². The molecule has 0 atom stereocenters. The fraction of sp³-hybridized carbons (Fsp3) is 0.423. The van der Waals surface area contributed by atoms with Crippen LogP contribution in [-0.4, -0.2) is 68.6 Å². The van der Waals surface area contributed by atoms with E-state index in [1.165, 1.54) is 30.4 Å². The van der Waals surface area contributed by atoms with Crippen LogP contribution in [0.3, 0.4) is 0 Å². The Morgan fingerprint density at radius 1 is 1.11 bits per heavy atom. The summed E-state index contributed by atoms with van der Waals surface area (Å²) in [5.74, 6) is 1.39. The summed E-state index contributed by atoms with van der Waals surface area (Å²) in [4.78, 5) is 34.9. The minimum absolute atomic E-state index is 0.0123. The number of hydrogen-bond acceptors (Lipinski definition) is 8. The third-order valence-corrected chi connectivity index (χ3v) is 7.76. The summed E-state index contributed by atoms with van der Waals surface area (Å²) in [5, 5.41) is 7.97. The fourth-order valence-corrected chi connectivity index (χ4v) is 5.69. The molecule has 4 heterocycles. The quantitative estimate of drug-likeness (QED) is 0.441. The average Bonchev–Trinajstić information content (AvgIpc) is 3.57. The Kier molecular flexibility index (Phi) is 5.67. The predicted molar refractivity (Wildman–Crippen MR) is 137 cm³/mol. The summed E-state index contributed by atoms with van der Waals surface area (Å²) in [6.07, 6.45) is 8.94. The first-order chi connectivity index (χ1) is 17.5. The second-order valence-electron chi connectivity index (χ2n) is 9.90. The van der Waals surface area contributed by atoms with Crippen molar-refractivity contribution in [2.45, 2.75) is 44.1 Å². The number of H-pyrrole nitrogens is 1. The molecule has 0 radical (unpaired) electrons. The molecule has 2 aliphatic rings. The first kappa shape index (κ1) is 22.7. The third-order valence-electron chi connectivity index (χ3n) is 7.76. The predicted octanol–water partition coefficient (Wildman–Crippen LogP) is 3.43. The van der Waals surface area contributed by atoms with E-state index in [1.807, 2.05) is 38.4 Å². The van der Waals surface area contributed by atoms with Crippen LogP contribution in [-0.2, 0) is 17.6 Å². The van der Waals surface area contributed by atoms with Gasteiger partial charge in [0.05, 0.1) is 5.39 Å². The Hall–Kier alpha value is -3.79. The molecule has 1 aliphatic heterocycles. The van der Waals surface area contributed by atoms with Crippen molar-refractivity contribution in [2.75, 3.05) is 37.4 Å². The highest BCUT2D eigenvalue weighted by Gasteiger charge is 2.44. The molecule has 2 N–H and O–H groups in total. The number of aromatic amines is 1.